The molecule has 17 heavy (non-hydrogen) atoms. The minimum absolute atomic E-state index is 0.345. The fourth-order valence-corrected chi connectivity index (χ4v) is 2.12. The van der Waals surface area contributed by atoms with Crippen molar-refractivity contribution in [2.75, 3.05) is 0 Å². The maximum atomic E-state index is 8.82. The quantitative estimate of drug-likeness (QED) is 0.541. The third kappa shape index (κ3) is 12.2. The summed E-state index contributed by atoms with van der Waals surface area (Å²) in [6, 6.07) is 0. The van der Waals surface area contributed by atoms with Gasteiger partial charge in [0, 0.05) is 0 Å². The van der Waals surface area contributed by atoms with E-state index in [-0.39, 0.29) is 5.60 Å². The van der Waals surface area contributed by atoms with Crippen molar-refractivity contribution in [3.05, 3.63) is 0 Å². The molecule has 0 radical (unpaired) electrons. The van der Waals surface area contributed by atoms with Gasteiger partial charge in [0.15, 0.2) is 0 Å². The van der Waals surface area contributed by atoms with Gasteiger partial charge in [-0.25, -0.2) is 4.89 Å². The van der Waals surface area contributed by atoms with Crippen LogP contribution in [0.25, 0.3) is 0 Å². The Bertz CT molecular complexity index is 284. The van der Waals surface area contributed by atoms with Crippen LogP contribution in [0.4, 0.5) is 0 Å². The Balaban J connectivity index is 0.000000437. The van der Waals surface area contributed by atoms with E-state index in [4.69, 9.17) is 21.2 Å². The summed E-state index contributed by atoms with van der Waals surface area (Å²) in [6.45, 7) is 3.89. The molecule has 0 saturated heterocycles. The van der Waals surface area contributed by atoms with Crippen molar-refractivity contribution < 1.29 is 39.7 Å². The van der Waals surface area contributed by atoms with Gasteiger partial charge in [-0.3, -0.25) is 5.26 Å². The summed E-state index contributed by atoms with van der Waals surface area (Å²) in [7, 11) is 0. The molecule has 1 fully saturated rings. The van der Waals surface area contributed by atoms with Crippen LogP contribution in [0.3, 0.4) is 0 Å². The first-order valence-corrected chi connectivity index (χ1v) is 7.84. The zero-order valence-corrected chi connectivity index (χ0v) is 11.6. The molecule has 0 heterocycles. The molecule has 1 aliphatic carbocycles. The van der Waals surface area contributed by atoms with Gasteiger partial charge in [0.05, 0.1) is 5.60 Å². The molecule has 0 aromatic heterocycles. The molecule has 7 heteroatoms. The number of hydrogen-bond acceptors (Lipinski definition) is 4. The molecule has 1 rings (SSSR count). The molecular formula is C10H22CrO6. The van der Waals surface area contributed by atoms with Crippen LogP contribution in [0.5, 0.6) is 0 Å². The van der Waals surface area contributed by atoms with Crippen LogP contribution in [-0.2, 0) is 26.1 Å². The molecule has 6 nitrogen and oxygen atoms in total. The Morgan fingerprint density at radius 1 is 1.18 bits per heavy atom. The summed E-state index contributed by atoms with van der Waals surface area (Å²) >= 11 is -5.25. The summed E-state index contributed by atoms with van der Waals surface area (Å²) in [5.74, 6) is 0.765. The van der Waals surface area contributed by atoms with Crippen molar-refractivity contribution in [3.8, 4) is 0 Å². The molecule has 0 aromatic rings. The van der Waals surface area contributed by atoms with Crippen molar-refractivity contribution >= 4 is 0 Å². The second kappa shape index (κ2) is 7.42. The van der Waals surface area contributed by atoms with E-state index in [1.165, 1.54) is 32.1 Å². The average Bonchev–Trinajstić information content (AvgIpc) is 2.16. The van der Waals surface area contributed by atoms with Crippen molar-refractivity contribution in [3.63, 3.8) is 0 Å². The van der Waals surface area contributed by atoms with Gasteiger partial charge < -0.3 is 0 Å². The summed E-state index contributed by atoms with van der Waals surface area (Å²) in [4.78, 5) is 4.44. The first kappa shape index (κ1) is 17.0. The van der Waals surface area contributed by atoms with Crippen LogP contribution >= 0.6 is 0 Å². The molecular weight excluding hydrogens is 268 g/mol. The molecule has 0 aromatic carbocycles. The normalized spacial score (nSPS) is 18.4. The molecule has 1 aliphatic rings. The third-order valence-electron chi connectivity index (χ3n) is 2.75. The number of rotatable bonds is 3. The Morgan fingerprint density at radius 3 is 1.94 bits per heavy atom. The summed E-state index contributed by atoms with van der Waals surface area (Å²) < 4.78 is 31.9. The van der Waals surface area contributed by atoms with Gasteiger partial charge in [-0.15, -0.1) is 0 Å². The van der Waals surface area contributed by atoms with Crippen molar-refractivity contribution in [1.82, 2.24) is 0 Å². The summed E-state index contributed by atoms with van der Waals surface area (Å²) in [6.07, 6.45) is 7.71. The first-order chi connectivity index (χ1) is 7.64. The van der Waals surface area contributed by atoms with Crippen LogP contribution in [0.2, 0.25) is 0 Å². The summed E-state index contributed by atoms with van der Waals surface area (Å²) in [5, 5.41) is 8.62. The van der Waals surface area contributed by atoms with Gasteiger partial charge in [0.1, 0.15) is 0 Å². The topological polar surface area (TPSA) is 104 Å². The van der Waals surface area contributed by atoms with Crippen LogP contribution in [-0.4, -0.2) is 19.2 Å². The second-order valence-corrected chi connectivity index (χ2v) is 6.41. The van der Waals surface area contributed by atoms with Crippen LogP contribution in [0, 0.1) is 5.92 Å². The van der Waals surface area contributed by atoms with E-state index in [9.17, 15) is 0 Å². The standard InChI is InChI=1S/C10H20O2.Cr.2H2O.2O/c1-10(2,12-11)8-9-6-4-3-5-7-9;;;;;/h9,11H,3-8H2,1-2H3;;2*1H2;;/q;+2;;;;/p-2. The van der Waals surface area contributed by atoms with Gasteiger partial charge in [-0.1, -0.05) is 32.1 Å². The zero-order chi connectivity index (χ0) is 13.5. The maximum absolute atomic E-state index is 8.82. The van der Waals surface area contributed by atoms with Crippen molar-refractivity contribution in [2.45, 2.75) is 58.0 Å². The molecule has 104 valence electrons. The average molecular weight is 290 g/mol. The van der Waals surface area contributed by atoms with Crippen LogP contribution in [0.15, 0.2) is 0 Å². The van der Waals surface area contributed by atoms with Crippen molar-refractivity contribution in [2.24, 2.45) is 5.92 Å². The molecule has 1 saturated carbocycles. The Morgan fingerprint density at radius 2 is 1.59 bits per heavy atom. The van der Waals surface area contributed by atoms with Gasteiger partial charge in [0.25, 0.3) is 0 Å². The van der Waals surface area contributed by atoms with Crippen LogP contribution in [0.1, 0.15) is 52.4 Å². The Labute approximate surface area is 104 Å². The molecule has 3 N–H and O–H groups in total. The molecule has 0 amide bonds. The van der Waals surface area contributed by atoms with Gasteiger partial charge in [-0.05, 0) is 26.2 Å². The molecule has 0 unspecified atom stereocenters. The van der Waals surface area contributed by atoms with Crippen molar-refractivity contribution in [1.29, 1.82) is 0 Å². The Hall–Kier alpha value is -0.0275. The second-order valence-electron chi connectivity index (χ2n) is 5.01. The first-order valence-electron chi connectivity index (χ1n) is 5.66. The molecule has 0 aliphatic heterocycles. The van der Waals surface area contributed by atoms with E-state index < -0.39 is 13.6 Å². The van der Waals surface area contributed by atoms with Gasteiger partial charge in [-0.2, -0.15) is 0 Å². The molecule has 0 bridgehead atoms. The zero-order valence-electron chi connectivity index (χ0n) is 10.3. The van der Waals surface area contributed by atoms with E-state index in [0.29, 0.717) is 0 Å². The Kier molecular flexibility index (Phi) is 7.40. The molecule has 0 atom stereocenters. The van der Waals surface area contributed by atoms with E-state index >= 15 is 0 Å². The van der Waals surface area contributed by atoms with E-state index in [1.807, 2.05) is 13.8 Å². The van der Waals surface area contributed by atoms with Gasteiger partial charge in [0.2, 0.25) is 0 Å². The summed E-state index contributed by atoms with van der Waals surface area (Å²) in [5.41, 5.74) is -0.345. The van der Waals surface area contributed by atoms with E-state index in [1.54, 1.807) is 0 Å². The predicted octanol–water partition coefficient (Wildman–Crippen LogP) is 1.87. The fourth-order valence-electron chi connectivity index (χ4n) is 2.12. The fraction of sp³-hybridized carbons (Fsp3) is 1.00. The third-order valence-corrected chi connectivity index (χ3v) is 2.75. The van der Waals surface area contributed by atoms with E-state index in [0.717, 1.165) is 12.3 Å². The minimum atomic E-state index is -5.25. The van der Waals surface area contributed by atoms with E-state index in [2.05, 4.69) is 4.89 Å². The van der Waals surface area contributed by atoms with Gasteiger partial charge >= 0.3 is 29.5 Å². The molecule has 0 spiro atoms. The monoisotopic (exact) mass is 290 g/mol. The number of hydrogen-bond donors (Lipinski definition) is 3. The SMILES string of the molecule is CC(C)(CC1CCCCC1)OO.[O]=[Cr](=[O])([OH])[OH]. The van der Waals surface area contributed by atoms with Crippen LogP contribution < -0.4 is 0 Å². The predicted molar refractivity (Wildman–Crippen MR) is 54.8 cm³/mol.